The summed E-state index contributed by atoms with van der Waals surface area (Å²) in [5.41, 5.74) is 2.76. The highest BCUT2D eigenvalue weighted by Gasteiger charge is 2.18. The molecule has 1 aromatic carbocycles. The van der Waals surface area contributed by atoms with Crippen molar-refractivity contribution in [2.24, 2.45) is 5.92 Å². The monoisotopic (exact) mass is 369 g/mol. The van der Waals surface area contributed by atoms with Gasteiger partial charge in [0.1, 0.15) is 0 Å². The molecule has 0 saturated heterocycles. The molecule has 0 aromatic heterocycles. The number of nitrogens with one attached hydrogen (secondary N) is 1. The van der Waals surface area contributed by atoms with Crippen molar-refractivity contribution in [2.45, 2.75) is 52.0 Å². The van der Waals surface area contributed by atoms with Gasteiger partial charge in [0, 0.05) is 22.1 Å². The summed E-state index contributed by atoms with van der Waals surface area (Å²) < 4.78 is 1.08. The second kappa shape index (κ2) is 8.36. The summed E-state index contributed by atoms with van der Waals surface area (Å²) in [5.74, 6) is 0.729. The lowest BCUT2D eigenvalue weighted by atomic mass is 9.83. The highest BCUT2D eigenvalue weighted by atomic mass is 79.9. The summed E-state index contributed by atoms with van der Waals surface area (Å²) in [6, 6.07) is 6.56. The molecule has 3 heteroatoms. The first-order chi connectivity index (χ1) is 10.1. The number of hydrogen-bond donors (Lipinski definition) is 1. The molecular weight excluding hydrogens is 346 g/mol. The maximum absolute atomic E-state index is 6.04. The Hall–Kier alpha value is -0.310. The smallest absolute Gasteiger partial charge is 0.0417 e. The van der Waals surface area contributed by atoms with Crippen LogP contribution in [0.4, 0.5) is 0 Å². The normalized spacial score (nSPS) is 17.5. The lowest BCUT2D eigenvalue weighted by Gasteiger charge is -2.26. The summed E-state index contributed by atoms with van der Waals surface area (Å²) >= 11 is 9.67. The van der Waals surface area contributed by atoms with E-state index < -0.39 is 0 Å². The Morgan fingerprint density at radius 1 is 1.33 bits per heavy atom. The Kier molecular flexibility index (Phi) is 6.78. The highest BCUT2D eigenvalue weighted by molar-refractivity contribution is 9.10. The fraction of sp³-hybridized carbons (Fsp3) is 0.556. The van der Waals surface area contributed by atoms with Crippen LogP contribution in [-0.2, 0) is 0 Å². The van der Waals surface area contributed by atoms with E-state index in [0.717, 1.165) is 22.0 Å². The number of rotatable bonds is 5. The van der Waals surface area contributed by atoms with Crippen molar-refractivity contribution in [3.05, 3.63) is 38.8 Å². The van der Waals surface area contributed by atoms with Gasteiger partial charge in [0.25, 0.3) is 0 Å². The molecule has 0 atom stereocenters. The van der Waals surface area contributed by atoms with Crippen LogP contribution in [0.25, 0.3) is 6.08 Å². The van der Waals surface area contributed by atoms with Crippen LogP contribution >= 0.6 is 27.5 Å². The maximum atomic E-state index is 6.04. The topological polar surface area (TPSA) is 12.0 Å². The van der Waals surface area contributed by atoms with Gasteiger partial charge in [0.05, 0.1) is 0 Å². The van der Waals surface area contributed by atoms with Gasteiger partial charge in [0.2, 0.25) is 0 Å². The third-order valence-electron chi connectivity index (χ3n) is 4.15. The van der Waals surface area contributed by atoms with E-state index in [-0.39, 0.29) is 0 Å². The fourth-order valence-corrected chi connectivity index (χ4v) is 3.72. The predicted molar refractivity (Wildman–Crippen MR) is 96.8 cm³/mol. The zero-order valence-electron chi connectivity index (χ0n) is 13.0. The standard InChI is InChI=1S/C18H25BrClN/c1-13(2)21-12-16(14-6-4-3-5-7-14)10-15-8-9-17(20)11-18(15)19/h8-11,13-14,21H,3-7,12H2,1-2H3/b16-10-. The van der Waals surface area contributed by atoms with Crippen LogP contribution in [0.15, 0.2) is 28.2 Å². The largest absolute Gasteiger partial charge is 0.311 e. The van der Waals surface area contributed by atoms with Gasteiger partial charge in [-0.05, 0) is 36.5 Å². The van der Waals surface area contributed by atoms with Crippen LogP contribution in [0, 0.1) is 5.92 Å². The summed E-state index contributed by atoms with van der Waals surface area (Å²) in [7, 11) is 0. The van der Waals surface area contributed by atoms with Crippen LogP contribution in [0.3, 0.4) is 0 Å². The fourth-order valence-electron chi connectivity index (χ4n) is 2.93. The zero-order valence-corrected chi connectivity index (χ0v) is 15.3. The van der Waals surface area contributed by atoms with Crippen molar-refractivity contribution in [2.75, 3.05) is 6.54 Å². The van der Waals surface area contributed by atoms with E-state index in [1.807, 2.05) is 12.1 Å². The lowest BCUT2D eigenvalue weighted by Crippen LogP contribution is -2.27. The van der Waals surface area contributed by atoms with E-state index in [1.54, 1.807) is 0 Å². The molecule has 0 radical (unpaired) electrons. The second-order valence-corrected chi connectivity index (χ2v) is 7.55. The average molecular weight is 371 g/mol. The molecule has 1 saturated carbocycles. The molecule has 1 fully saturated rings. The van der Waals surface area contributed by atoms with Gasteiger partial charge in [-0.3, -0.25) is 0 Å². The van der Waals surface area contributed by atoms with Crippen molar-refractivity contribution in [3.63, 3.8) is 0 Å². The molecular formula is C18H25BrClN. The molecule has 1 aromatic rings. The lowest BCUT2D eigenvalue weighted by molar-refractivity contribution is 0.394. The van der Waals surface area contributed by atoms with Crippen molar-refractivity contribution in [1.29, 1.82) is 0 Å². The third-order valence-corrected chi connectivity index (χ3v) is 5.07. The summed E-state index contributed by atoms with van der Waals surface area (Å²) in [6.07, 6.45) is 9.14. The molecule has 0 unspecified atom stereocenters. The molecule has 2 rings (SSSR count). The van der Waals surface area contributed by atoms with Crippen molar-refractivity contribution >= 4 is 33.6 Å². The van der Waals surface area contributed by atoms with Crippen molar-refractivity contribution < 1.29 is 0 Å². The molecule has 1 aliphatic rings. The first kappa shape index (κ1) is 17.1. The number of halogens is 2. The van der Waals surface area contributed by atoms with Gasteiger partial charge in [0.15, 0.2) is 0 Å². The van der Waals surface area contributed by atoms with Crippen LogP contribution in [0.2, 0.25) is 5.02 Å². The average Bonchev–Trinajstić information content (AvgIpc) is 2.46. The molecule has 0 aliphatic heterocycles. The number of hydrogen-bond acceptors (Lipinski definition) is 1. The molecule has 0 heterocycles. The van der Waals surface area contributed by atoms with E-state index in [0.29, 0.717) is 6.04 Å². The van der Waals surface area contributed by atoms with E-state index >= 15 is 0 Å². The van der Waals surface area contributed by atoms with E-state index in [9.17, 15) is 0 Å². The van der Waals surface area contributed by atoms with E-state index in [2.05, 4.69) is 47.2 Å². The van der Waals surface area contributed by atoms with Gasteiger partial charge in [-0.1, -0.05) is 78.4 Å². The van der Waals surface area contributed by atoms with Gasteiger partial charge in [-0.2, -0.15) is 0 Å². The summed E-state index contributed by atoms with van der Waals surface area (Å²) in [5, 5.41) is 4.36. The molecule has 116 valence electrons. The third kappa shape index (κ3) is 5.43. The molecule has 1 N–H and O–H groups in total. The molecule has 1 aliphatic carbocycles. The molecule has 1 nitrogen and oxygen atoms in total. The van der Waals surface area contributed by atoms with Gasteiger partial charge in [-0.25, -0.2) is 0 Å². The predicted octanol–water partition coefficient (Wildman–Crippen LogP) is 6.06. The Balaban J connectivity index is 2.21. The summed E-state index contributed by atoms with van der Waals surface area (Å²) in [6.45, 7) is 5.39. The highest BCUT2D eigenvalue weighted by Crippen LogP contribution is 2.32. The summed E-state index contributed by atoms with van der Waals surface area (Å²) in [4.78, 5) is 0. The van der Waals surface area contributed by atoms with Crippen LogP contribution in [-0.4, -0.2) is 12.6 Å². The van der Waals surface area contributed by atoms with E-state index in [1.165, 1.54) is 43.2 Å². The quantitative estimate of drug-likeness (QED) is 0.663. The minimum Gasteiger partial charge on any atom is -0.311 e. The Morgan fingerprint density at radius 2 is 2.05 bits per heavy atom. The van der Waals surface area contributed by atoms with Crippen LogP contribution < -0.4 is 5.32 Å². The zero-order chi connectivity index (χ0) is 15.2. The van der Waals surface area contributed by atoms with Crippen LogP contribution in [0.5, 0.6) is 0 Å². The first-order valence-corrected chi connectivity index (χ1v) is 9.12. The Morgan fingerprint density at radius 3 is 2.67 bits per heavy atom. The first-order valence-electron chi connectivity index (χ1n) is 7.95. The molecule has 0 amide bonds. The Bertz CT molecular complexity index is 490. The van der Waals surface area contributed by atoms with Gasteiger partial charge < -0.3 is 5.32 Å². The maximum Gasteiger partial charge on any atom is 0.0417 e. The van der Waals surface area contributed by atoms with Crippen molar-refractivity contribution in [3.8, 4) is 0 Å². The molecule has 0 bridgehead atoms. The SMILES string of the molecule is CC(C)NC/C(=C/c1ccc(Cl)cc1Br)C1CCCCC1. The van der Waals surface area contributed by atoms with Gasteiger partial charge >= 0.3 is 0 Å². The molecule has 21 heavy (non-hydrogen) atoms. The van der Waals surface area contributed by atoms with Gasteiger partial charge in [-0.15, -0.1) is 0 Å². The number of benzene rings is 1. The molecule has 0 spiro atoms. The minimum atomic E-state index is 0.519. The second-order valence-electron chi connectivity index (χ2n) is 6.26. The van der Waals surface area contributed by atoms with E-state index in [4.69, 9.17) is 11.6 Å². The van der Waals surface area contributed by atoms with Crippen molar-refractivity contribution in [1.82, 2.24) is 5.32 Å². The minimum absolute atomic E-state index is 0.519. The Labute approximate surface area is 142 Å². The van der Waals surface area contributed by atoms with Crippen LogP contribution in [0.1, 0.15) is 51.5 Å².